The predicted octanol–water partition coefficient (Wildman–Crippen LogP) is 3.98. The molecule has 1 saturated carbocycles. The molecular weight excluding hydrogens is 462 g/mol. The number of hydrogen-bond acceptors (Lipinski definition) is 4. The fourth-order valence-electron chi connectivity index (χ4n) is 5.25. The van der Waals surface area contributed by atoms with E-state index >= 15 is 0 Å². The van der Waals surface area contributed by atoms with Crippen LogP contribution in [0.2, 0.25) is 0 Å². The van der Waals surface area contributed by atoms with Crippen molar-refractivity contribution in [1.29, 1.82) is 0 Å². The molecule has 1 N–H and O–H groups in total. The molecule has 2 fully saturated rings. The van der Waals surface area contributed by atoms with Gasteiger partial charge in [-0.1, -0.05) is 19.1 Å². The number of piperidine rings is 1. The lowest BCUT2D eigenvalue weighted by atomic mass is 9.97. The van der Waals surface area contributed by atoms with E-state index in [-0.39, 0.29) is 34.6 Å². The van der Waals surface area contributed by atoms with Crippen LogP contribution in [0.3, 0.4) is 0 Å². The number of hydrogen-bond donors (Lipinski definition) is 1. The summed E-state index contributed by atoms with van der Waals surface area (Å²) in [6.45, 7) is 4.72. The number of nitrogens with one attached hydrogen (secondary N) is 1. The molecule has 2 amide bonds. The molecule has 1 atom stereocenters. The van der Waals surface area contributed by atoms with Crippen LogP contribution in [-0.4, -0.2) is 43.7 Å². The fourth-order valence-corrected chi connectivity index (χ4v) is 6.77. The quantitative estimate of drug-likeness (QED) is 0.657. The van der Waals surface area contributed by atoms with Crippen LogP contribution < -0.4 is 10.2 Å². The number of carbonyl (C=O) groups excluding carboxylic acids is 2. The number of aryl methyl sites for hydroxylation is 1. The van der Waals surface area contributed by atoms with Gasteiger partial charge in [0.25, 0.3) is 0 Å². The smallest absolute Gasteiger partial charge is 0.243 e. The van der Waals surface area contributed by atoms with Crippen LogP contribution in [-0.2, 0) is 32.5 Å². The summed E-state index contributed by atoms with van der Waals surface area (Å²) in [5.41, 5.74) is 3.70. The molecular formula is C27H33N3O4S. The van der Waals surface area contributed by atoms with Crippen LogP contribution >= 0.6 is 0 Å². The third-order valence-electron chi connectivity index (χ3n) is 7.50. The van der Waals surface area contributed by atoms with E-state index in [4.69, 9.17) is 0 Å². The topological polar surface area (TPSA) is 86.8 Å². The summed E-state index contributed by atoms with van der Waals surface area (Å²) in [6.07, 6.45) is 4.44. The Hall–Kier alpha value is -2.71. The minimum absolute atomic E-state index is 0.0448. The summed E-state index contributed by atoms with van der Waals surface area (Å²) in [5.74, 6) is 0.0198. The summed E-state index contributed by atoms with van der Waals surface area (Å²) >= 11 is 0. The van der Waals surface area contributed by atoms with Crippen LogP contribution in [0, 0.1) is 11.8 Å². The van der Waals surface area contributed by atoms with Crippen molar-refractivity contribution >= 4 is 33.2 Å². The largest absolute Gasteiger partial charge is 0.326 e. The summed E-state index contributed by atoms with van der Waals surface area (Å²) in [6, 6.07) is 13.0. The van der Waals surface area contributed by atoms with E-state index in [0.717, 1.165) is 41.8 Å². The van der Waals surface area contributed by atoms with Crippen LogP contribution in [0.4, 0.5) is 11.4 Å². The molecule has 1 aliphatic carbocycles. The minimum Gasteiger partial charge on any atom is -0.326 e. The van der Waals surface area contributed by atoms with E-state index in [0.29, 0.717) is 32.4 Å². The molecule has 7 nitrogen and oxygen atoms in total. The molecule has 2 aromatic rings. The van der Waals surface area contributed by atoms with Gasteiger partial charge in [0, 0.05) is 42.3 Å². The highest BCUT2D eigenvalue weighted by Gasteiger charge is 2.40. The molecule has 0 unspecified atom stereocenters. The Kier molecular flexibility index (Phi) is 6.44. The van der Waals surface area contributed by atoms with Crippen molar-refractivity contribution in [2.75, 3.05) is 23.3 Å². The monoisotopic (exact) mass is 495 g/mol. The lowest BCUT2D eigenvalue weighted by molar-refractivity contribution is -0.121. The van der Waals surface area contributed by atoms with Crippen molar-refractivity contribution in [3.8, 4) is 0 Å². The van der Waals surface area contributed by atoms with Crippen LogP contribution in [0.25, 0.3) is 0 Å². The molecule has 0 bridgehead atoms. The van der Waals surface area contributed by atoms with Crippen molar-refractivity contribution in [2.24, 2.45) is 11.8 Å². The first-order valence-corrected chi connectivity index (χ1v) is 14.1. The second-order valence-electron chi connectivity index (χ2n) is 10.0. The zero-order chi connectivity index (χ0) is 24.7. The molecule has 0 aromatic heterocycles. The molecule has 35 heavy (non-hydrogen) atoms. The summed E-state index contributed by atoms with van der Waals surface area (Å²) in [5, 5.41) is 2.99. The van der Waals surface area contributed by atoms with Gasteiger partial charge in [-0.15, -0.1) is 0 Å². The number of anilines is 2. The van der Waals surface area contributed by atoms with Gasteiger partial charge in [0.1, 0.15) is 0 Å². The number of carbonyl (C=O) groups is 2. The average molecular weight is 496 g/mol. The van der Waals surface area contributed by atoms with Gasteiger partial charge < -0.3 is 10.2 Å². The van der Waals surface area contributed by atoms with Crippen LogP contribution in [0.5, 0.6) is 0 Å². The lowest BCUT2D eigenvalue weighted by Crippen LogP contribution is -2.41. The third-order valence-corrected chi connectivity index (χ3v) is 9.39. The molecule has 5 rings (SSSR count). The second kappa shape index (κ2) is 9.39. The standard InChI is InChI=1S/C27H33N3O4S/c1-3-19-5-4-6-23(16-19)28-26(31)20-11-13-29(14-12-20)35(33,34)24-9-10-25-22(17-24)15-18(2)30(25)27(32)21-7-8-21/h4-6,9-10,16-18,20-21H,3,7-8,11-15H2,1-2H3,(H,28,31)/t18-/m0/s1. The molecule has 0 radical (unpaired) electrons. The maximum Gasteiger partial charge on any atom is 0.243 e. The lowest BCUT2D eigenvalue weighted by Gasteiger charge is -2.30. The van der Waals surface area contributed by atoms with E-state index in [1.165, 1.54) is 4.31 Å². The van der Waals surface area contributed by atoms with E-state index in [1.807, 2.05) is 36.1 Å². The summed E-state index contributed by atoms with van der Waals surface area (Å²) < 4.78 is 28.3. The Morgan fingerprint density at radius 2 is 1.74 bits per heavy atom. The van der Waals surface area contributed by atoms with Crippen LogP contribution in [0.1, 0.15) is 50.7 Å². The Morgan fingerprint density at radius 1 is 1.00 bits per heavy atom. The van der Waals surface area contributed by atoms with Crippen molar-refractivity contribution in [3.05, 3.63) is 53.6 Å². The Bertz CT molecular complexity index is 1250. The zero-order valence-corrected chi connectivity index (χ0v) is 21.2. The van der Waals surface area contributed by atoms with Crippen molar-refractivity contribution in [1.82, 2.24) is 4.31 Å². The van der Waals surface area contributed by atoms with Gasteiger partial charge in [0.15, 0.2) is 0 Å². The number of amides is 2. The first-order valence-electron chi connectivity index (χ1n) is 12.6. The SMILES string of the molecule is CCc1cccc(NC(=O)C2CCN(S(=O)(=O)c3ccc4c(c3)C[C@H](C)N4C(=O)C3CC3)CC2)c1. The van der Waals surface area contributed by atoms with Crippen molar-refractivity contribution in [3.63, 3.8) is 0 Å². The van der Waals surface area contributed by atoms with Gasteiger partial charge >= 0.3 is 0 Å². The van der Waals surface area contributed by atoms with E-state index in [2.05, 4.69) is 12.2 Å². The van der Waals surface area contributed by atoms with E-state index < -0.39 is 10.0 Å². The van der Waals surface area contributed by atoms with Gasteiger partial charge in [0.2, 0.25) is 21.8 Å². The van der Waals surface area contributed by atoms with Crippen LogP contribution in [0.15, 0.2) is 47.4 Å². The normalized spacial score (nSPS) is 21.1. The number of fused-ring (bicyclic) bond motifs is 1. The minimum atomic E-state index is -3.66. The third kappa shape index (κ3) is 4.74. The predicted molar refractivity (Wildman–Crippen MR) is 136 cm³/mol. The molecule has 2 aromatic carbocycles. The first kappa shape index (κ1) is 24.0. The molecule has 186 valence electrons. The number of benzene rings is 2. The van der Waals surface area contributed by atoms with E-state index in [1.54, 1.807) is 18.2 Å². The summed E-state index contributed by atoms with van der Waals surface area (Å²) in [4.78, 5) is 27.6. The Labute approximate surface area is 207 Å². The maximum absolute atomic E-state index is 13.4. The van der Waals surface area contributed by atoms with Gasteiger partial charge in [-0.05, 0) is 86.9 Å². The Balaban J connectivity index is 1.24. The number of nitrogens with zero attached hydrogens (tertiary/aromatic N) is 2. The second-order valence-corrected chi connectivity index (χ2v) is 12.0. The average Bonchev–Trinajstić information content (AvgIpc) is 3.65. The molecule has 1 saturated heterocycles. The van der Waals surface area contributed by atoms with Gasteiger partial charge in [-0.3, -0.25) is 9.59 Å². The van der Waals surface area contributed by atoms with Gasteiger partial charge in [-0.25, -0.2) is 8.42 Å². The maximum atomic E-state index is 13.4. The van der Waals surface area contributed by atoms with Gasteiger partial charge in [0.05, 0.1) is 4.90 Å². The number of rotatable bonds is 6. The molecule has 8 heteroatoms. The van der Waals surface area contributed by atoms with Crippen molar-refractivity contribution in [2.45, 2.75) is 63.3 Å². The molecule has 2 heterocycles. The highest BCUT2D eigenvalue weighted by molar-refractivity contribution is 7.89. The van der Waals surface area contributed by atoms with Gasteiger partial charge in [-0.2, -0.15) is 4.31 Å². The molecule has 0 spiro atoms. The molecule has 2 aliphatic heterocycles. The number of sulfonamides is 1. The highest BCUT2D eigenvalue weighted by Crippen LogP contribution is 2.40. The highest BCUT2D eigenvalue weighted by atomic mass is 32.2. The summed E-state index contributed by atoms with van der Waals surface area (Å²) in [7, 11) is -3.66. The first-order chi connectivity index (χ1) is 16.8. The molecule has 3 aliphatic rings. The Morgan fingerprint density at radius 3 is 2.43 bits per heavy atom. The fraction of sp³-hybridized carbons (Fsp3) is 0.481. The zero-order valence-electron chi connectivity index (χ0n) is 20.4. The van der Waals surface area contributed by atoms with E-state index in [9.17, 15) is 18.0 Å². The van der Waals surface area contributed by atoms with Crippen molar-refractivity contribution < 1.29 is 18.0 Å².